The molecule has 1 heterocycles. The molecule has 1 atom stereocenters. The number of fused-ring (bicyclic) bond motifs is 1. The average molecular weight is 337 g/mol. The van der Waals surface area contributed by atoms with Crippen LogP contribution in [0.5, 0.6) is 11.5 Å². The molecular weight excluding hydrogens is 325 g/mol. The standard InChI is InChI=1S/C14H12ClF3O4/c1-7(2)21-9-3-4-11-8(5-9)6-10(12(19)20)13(15,22-11)14(16,17)18/h3-7H,1-2H3,(H,19,20). The van der Waals surface area contributed by atoms with Gasteiger partial charge in [0.2, 0.25) is 0 Å². The fraction of sp³-hybridized carbons (Fsp3) is 0.357. The summed E-state index contributed by atoms with van der Waals surface area (Å²) in [6.45, 7) is 3.56. The fourth-order valence-corrected chi connectivity index (χ4v) is 2.16. The zero-order chi connectivity index (χ0) is 16.7. The minimum absolute atomic E-state index is 0.146. The van der Waals surface area contributed by atoms with Crippen molar-refractivity contribution in [1.29, 1.82) is 0 Å². The van der Waals surface area contributed by atoms with Gasteiger partial charge in [-0.15, -0.1) is 0 Å². The van der Waals surface area contributed by atoms with Gasteiger partial charge in [0.05, 0.1) is 6.10 Å². The number of carboxylic acids is 1. The molecule has 0 aliphatic carbocycles. The maximum atomic E-state index is 13.1. The molecule has 1 aromatic rings. The van der Waals surface area contributed by atoms with Crippen LogP contribution >= 0.6 is 11.6 Å². The normalized spacial score (nSPS) is 21.0. The van der Waals surface area contributed by atoms with Crippen molar-refractivity contribution in [3.63, 3.8) is 0 Å². The lowest BCUT2D eigenvalue weighted by molar-refractivity contribution is -0.204. The van der Waals surface area contributed by atoms with Crippen molar-refractivity contribution in [2.45, 2.75) is 31.2 Å². The molecular formula is C14H12ClF3O4. The highest BCUT2D eigenvalue weighted by Gasteiger charge is 2.62. The van der Waals surface area contributed by atoms with Crippen LogP contribution in [-0.2, 0) is 4.79 Å². The number of ether oxygens (including phenoxy) is 2. The van der Waals surface area contributed by atoms with Gasteiger partial charge in [0.15, 0.2) is 0 Å². The molecule has 1 aliphatic heterocycles. The summed E-state index contributed by atoms with van der Waals surface area (Å²) in [6, 6.07) is 4.07. The Balaban J connectivity index is 2.53. The first-order valence-electron chi connectivity index (χ1n) is 6.25. The molecule has 1 aromatic carbocycles. The second-order valence-electron chi connectivity index (χ2n) is 4.92. The summed E-state index contributed by atoms with van der Waals surface area (Å²) in [5, 5.41) is 5.59. The Morgan fingerprint density at radius 3 is 2.55 bits per heavy atom. The van der Waals surface area contributed by atoms with E-state index in [1.165, 1.54) is 18.2 Å². The van der Waals surface area contributed by atoms with Gasteiger partial charge >= 0.3 is 17.2 Å². The molecule has 0 spiro atoms. The van der Waals surface area contributed by atoms with Crippen LogP contribution < -0.4 is 9.47 Å². The van der Waals surface area contributed by atoms with Crippen molar-refractivity contribution >= 4 is 23.6 Å². The number of hydrogen-bond acceptors (Lipinski definition) is 3. The van der Waals surface area contributed by atoms with E-state index in [4.69, 9.17) is 26.2 Å². The van der Waals surface area contributed by atoms with Crippen LogP contribution in [-0.4, -0.2) is 28.4 Å². The van der Waals surface area contributed by atoms with E-state index in [0.717, 1.165) is 6.08 Å². The largest absolute Gasteiger partial charge is 0.491 e. The van der Waals surface area contributed by atoms with Crippen molar-refractivity contribution in [3.05, 3.63) is 29.3 Å². The summed E-state index contributed by atoms with van der Waals surface area (Å²) in [7, 11) is 0. The number of hydrogen-bond donors (Lipinski definition) is 1. The Bertz CT molecular complexity index is 639. The quantitative estimate of drug-likeness (QED) is 0.852. The van der Waals surface area contributed by atoms with Crippen molar-refractivity contribution in [1.82, 2.24) is 0 Å². The molecule has 22 heavy (non-hydrogen) atoms. The van der Waals surface area contributed by atoms with Crippen LogP contribution in [0.1, 0.15) is 19.4 Å². The maximum absolute atomic E-state index is 13.1. The first-order chi connectivity index (χ1) is 10.0. The Kier molecular flexibility index (Phi) is 4.04. The van der Waals surface area contributed by atoms with Gasteiger partial charge < -0.3 is 14.6 Å². The van der Waals surface area contributed by atoms with Crippen LogP contribution in [0.3, 0.4) is 0 Å². The minimum Gasteiger partial charge on any atom is -0.491 e. The molecule has 0 aromatic heterocycles. The van der Waals surface area contributed by atoms with Crippen LogP contribution in [0.2, 0.25) is 0 Å². The van der Waals surface area contributed by atoms with Crippen molar-refractivity contribution in [3.8, 4) is 11.5 Å². The van der Waals surface area contributed by atoms with E-state index in [9.17, 15) is 18.0 Å². The van der Waals surface area contributed by atoms with Gasteiger partial charge in [0, 0.05) is 5.56 Å². The smallest absolute Gasteiger partial charge is 0.448 e. The van der Waals surface area contributed by atoms with E-state index in [0.29, 0.717) is 5.75 Å². The van der Waals surface area contributed by atoms with Crippen molar-refractivity contribution in [2.24, 2.45) is 0 Å². The first-order valence-corrected chi connectivity index (χ1v) is 6.63. The SMILES string of the molecule is CC(C)Oc1ccc2c(c1)C=C(C(=O)O)C(Cl)(C(F)(F)F)O2. The molecule has 1 unspecified atom stereocenters. The molecule has 0 amide bonds. The number of benzene rings is 1. The molecule has 0 saturated carbocycles. The second kappa shape index (κ2) is 5.39. The third-order valence-corrected chi connectivity index (χ3v) is 3.34. The highest BCUT2D eigenvalue weighted by molar-refractivity contribution is 6.29. The summed E-state index contributed by atoms with van der Waals surface area (Å²) in [4.78, 5) is 11.1. The van der Waals surface area contributed by atoms with Gasteiger partial charge in [-0.25, -0.2) is 4.79 Å². The summed E-state index contributed by atoms with van der Waals surface area (Å²) < 4.78 is 49.4. The van der Waals surface area contributed by atoms with Crippen LogP contribution in [0.4, 0.5) is 13.2 Å². The number of carboxylic acid groups (broad SMARTS) is 1. The zero-order valence-corrected chi connectivity index (χ0v) is 12.3. The van der Waals surface area contributed by atoms with E-state index in [2.05, 4.69) is 0 Å². The molecule has 0 radical (unpaired) electrons. The van der Waals surface area contributed by atoms with E-state index >= 15 is 0 Å². The van der Waals surface area contributed by atoms with Gasteiger partial charge in [-0.1, -0.05) is 11.6 Å². The number of aliphatic carboxylic acids is 1. The molecule has 0 bridgehead atoms. The molecule has 4 nitrogen and oxygen atoms in total. The Morgan fingerprint density at radius 1 is 1.41 bits per heavy atom. The second-order valence-corrected chi connectivity index (χ2v) is 5.46. The topological polar surface area (TPSA) is 55.8 Å². The third-order valence-electron chi connectivity index (χ3n) is 2.84. The highest BCUT2D eigenvalue weighted by Crippen LogP contribution is 2.48. The Morgan fingerprint density at radius 2 is 2.05 bits per heavy atom. The maximum Gasteiger partial charge on any atom is 0.448 e. The monoisotopic (exact) mass is 336 g/mol. The highest BCUT2D eigenvalue weighted by atomic mass is 35.5. The summed E-state index contributed by atoms with van der Waals surface area (Å²) in [5.74, 6) is -1.60. The first kappa shape index (κ1) is 16.5. The number of rotatable bonds is 3. The van der Waals surface area contributed by atoms with Gasteiger partial charge in [0.1, 0.15) is 17.1 Å². The van der Waals surface area contributed by atoms with E-state index in [-0.39, 0.29) is 17.4 Å². The Hall–Kier alpha value is -1.89. The van der Waals surface area contributed by atoms with Gasteiger partial charge in [-0.05, 0) is 38.1 Å². The van der Waals surface area contributed by atoms with Crippen molar-refractivity contribution in [2.75, 3.05) is 0 Å². The fourth-order valence-electron chi connectivity index (χ4n) is 1.94. The lowest BCUT2D eigenvalue weighted by atomic mass is 10.0. The lowest BCUT2D eigenvalue weighted by Gasteiger charge is -2.34. The molecule has 1 aliphatic rings. The third kappa shape index (κ3) is 2.85. The van der Waals surface area contributed by atoms with Crippen LogP contribution in [0.15, 0.2) is 23.8 Å². The molecule has 2 rings (SSSR count). The van der Waals surface area contributed by atoms with Gasteiger partial charge in [-0.3, -0.25) is 0 Å². The Labute approximate surface area is 129 Å². The zero-order valence-electron chi connectivity index (χ0n) is 11.6. The minimum atomic E-state index is -5.09. The van der Waals surface area contributed by atoms with E-state index in [1.54, 1.807) is 13.8 Å². The predicted octanol–water partition coefficient (Wildman–Crippen LogP) is 3.83. The predicted molar refractivity (Wildman–Crippen MR) is 73.1 cm³/mol. The van der Waals surface area contributed by atoms with Crippen LogP contribution in [0, 0.1) is 0 Å². The molecule has 1 N–H and O–H groups in total. The molecule has 0 saturated heterocycles. The lowest BCUT2D eigenvalue weighted by Crippen LogP contribution is -2.50. The molecule has 8 heteroatoms. The summed E-state index contributed by atoms with van der Waals surface area (Å²) in [6.07, 6.45) is -4.40. The number of alkyl halides is 4. The summed E-state index contributed by atoms with van der Waals surface area (Å²) >= 11 is 5.44. The number of halogens is 4. The van der Waals surface area contributed by atoms with Crippen LogP contribution in [0.25, 0.3) is 6.08 Å². The van der Waals surface area contributed by atoms with E-state index in [1.807, 2.05) is 0 Å². The van der Waals surface area contributed by atoms with Gasteiger partial charge in [0.25, 0.3) is 0 Å². The summed E-state index contributed by atoms with van der Waals surface area (Å²) in [5.41, 5.74) is -0.952. The molecule has 0 fully saturated rings. The van der Waals surface area contributed by atoms with E-state index < -0.39 is 22.8 Å². The number of carbonyl (C=O) groups is 1. The van der Waals surface area contributed by atoms with Crippen molar-refractivity contribution < 1.29 is 32.5 Å². The van der Waals surface area contributed by atoms with Gasteiger partial charge in [-0.2, -0.15) is 13.2 Å². The average Bonchev–Trinajstić information content (AvgIpc) is 2.36. The molecule has 120 valence electrons.